The molecule has 0 fully saturated rings. The molecule has 0 saturated heterocycles. The van der Waals surface area contributed by atoms with Gasteiger partial charge < -0.3 is 0 Å². The summed E-state index contributed by atoms with van der Waals surface area (Å²) in [5, 5.41) is 4.89. The molecule has 0 N–H and O–H groups in total. The molecule has 12 heavy (non-hydrogen) atoms. The highest BCUT2D eigenvalue weighted by atomic mass is 19.1. The number of aromatic nitrogens is 3. The molecule has 0 radical (unpaired) electrons. The monoisotopic (exact) mass is 165 g/mol. The third kappa shape index (κ3) is 0.879. The molecule has 0 amide bonds. The summed E-state index contributed by atoms with van der Waals surface area (Å²) >= 11 is 0. The van der Waals surface area contributed by atoms with Crippen molar-refractivity contribution in [2.24, 2.45) is 7.05 Å². The van der Waals surface area contributed by atoms with Gasteiger partial charge in [0.25, 0.3) is 0 Å². The molecule has 0 aliphatic carbocycles. The van der Waals surface area contributed by atoms with Crippen LogP contribution in [0.15, 0.2) is 12.3 Å². The molecule has 4 heteroatoms. The lowest BCUT2D eigenvalue weighted by Crippen LogP contribution is -1.91. The highest BCUT2D eigenvalue weighted by Crippen LogP contribution is 2.15. The van der Waals surface area contributed by atoms with Crippen LogP contribution in [-0.2, 0) is 7.05 Å². The number of aryl methyl sites for hydroxylation is 2. The van der Waals surface area contributed by atoms with Gasteiger partial charge in [-0.05, 0) is 13.0 Å². The average molecular weight is 165 g/mol. The number of fused-ring (bicyclic) bond motifs is 1. The quantitative estimate of drug-likeness (QED) is 0.591. The Balaban J connectivity index is 2.90. The third-order valence-electron chi connectivity index (χ3n) is 1.83. The van der Waals surface area contributed by atoms with E-state index >= 15 is 0 Å². The maximum Gasteiger partial charge on any atom is 0.157 e. The zero-order valence-electron chi connectivity index (χ0n) is 6.87. The van der Waals surface area contributed by atoms with Gasteiger partial charge in [-0.15, -0.1) is 0 Å². The van der Waals surface area contributed by atoms with Gasteiger partial charge in [0.1, 0.15) is 5.82 Å². The van der Waals surface area contributed by atoms with Gasteiger partial charge in [0.15, 0.2) is 5.65 Å². The van der Waals surface area contributed by atoms with Crippen molar-refractivity contribution in [2.45, 2.75) is 6.92 Å². The van der Waals surface area contributed by atoms with Crippen molar-refractivity contribution in [1.82, 2.24) is 14.8 Å². The summed E-state index contributed by atoms with van der Waals surface area (Å²) in [7, 11) is 1.79. The molecule has 0 aliphatic rings. The van der Waals surface area contributed by atoms with Gasteiger partial charge in [0.2, 0.25) is 0 Å². The van der Waals surface area contributed by atoms with Gasteiger partial charge in [-0.1, -0.05) is 0 Å². The van der Waals surface area contributed by atoms with Crippen molar-refractivity contribution in [2.75, 3.05) is 0 Å². The van der Waals surface area contributed by atoms with Crippen LogP contribution < -0.4 is 0 Å². The van der Waals surface area contributed by atoms with Crippen LogP contribution >= 0.6 is 0 Å². The summed E-state index contributed by atoms with van der Waals surface area (Å²) in [5.41, 5.74) is 1.52. The average Bonchev–Trinajstić information content (AvgIpc) is 2.28. The number of nitrogens with zero attached hydrogens (tertiary/aromatic N) is 3. The van der Waals surface area contributed by atoms with Crippen LogP contribution in [0.5, 0.6) is 0 Å². The van der Waals surface area contributed by atoms with Crippen LogP contribution in [0, 0.1) is 12.7 Å². The minimum absolute atomic E-state index is 0.321. The second kappa shape index (κ2) is 2.27. The summed E-state index contributed by atoms with van der Waals surface area (Å²) in [6, 6.07) is 1.45. The zero-order valence-corrected chi connectivity index (χ0v) is 6.87. The minimum atomic E-state index is -0.321. The number of halogens is 1. The summed E-state index contributed by atoms with van der Waals surface area (Å²) in [4.78, 5) is 3.93. The predicted octanol–water partition coefficient (Wildman–Crippen LogP) is 1.42. The first kappa shape index (κ1) is 7.21. The van der Waals surface area contributed by atoms with Gasteiger partial charge in [0, 0.05) is 12.4 Å². The third-order valence-corrected chi connectivity index (χ3v) is 1.83. The SMILES string of the molecule is Cc1nn(C)c2ncc(F)cc12. The van der Waals surface area contributed by atoms with Crippen molar-refractivity contribution in [3.05, 3.63) is 23.8 Å². The van der Waals surface area contributed by atoms with E-state index in [1.807, 2.05) is 6.92 Å². The second-order valence-electron chi connectivity index (χ2n) is 2.73. The zero-order chi connectivity index (χ0) is 8.72. The van der Waals surface area contributed by atoms with E-state index in [2.05, 4.69) is 10.1 Å². The lowest BCUT2D eigenvalue weighted by molar-refractivity contribution is 0.623. The molecule has 0 saturated carbocycles. The Morgan fingerprint density at radius 3 is 3.00 bits per heavy atom. The van der Waals surface area contributed by atoms with E-state index in [1.54, 1.807) is 11.7 Å². The van der Waals surface area contributed by atoms with E-state index in [9.17, 15) is 4.39 Å². The summed E-state index contributed by atoms with van der Waals surface area (Å²) < 4.78 is 14.4. The van der Waals surface area contributed by atoms with E-state index in [0.717, 1.165) is 11.1 Å². The van der Waals surface area contributed by atoms with Gasteiger partial charge in [-0.25, -0.2) is 9.37 Å². The van der Waals surface area contributed by atoms with Crippen LogP contribution in [0.1, 0.15) is 5.69 Å². The van der Waals surface area contributed by atoms with Crippen molar-refractivity contribution >= 4 is 11.0 Å². The van der Waals surface area contributed by atoms with Crippen LogP contribution in [0.2, 0.25) is 0 Å². The standard InChI is InChI=1S/C8H8FN3/c1-5-7-3-6(9)4-10-8(7)12(2)11-5/h3-4H,1-2H3. The fourth-order valence-corrected chi connectivity index (χ4v) is 1.28. The van der Waals surface area contributed by atoms with E-state index in [0.29, 0.717) is 5.65 Å². The topological polar surface area (TPSA) is 30.7 Å². The molecule has 0 bridgehead atoms. The first-order chi connectivity index (χ1) is 5.68. The molecule has 0 aliphatic heterocycles. The smallest absolute Gasteiger partial charge is 0.157 e. The number of rotatable bonds is 0. The van der Waals surface area contributed by atoms with Gasteiger partial charge >= 0.3 is 0 Å². The fraction of sp³-hybridized carbons (Fsp3) is 0.250. The van der Waals surface area contributed by atoms with E-state index in [1.165, 1.54) is 12.3 Å². The molecule has 0 atom stereocenters. The molecular formula is C8H8FN3. The molecule has 2 aromatic heterocycles. The van der Waals surface area contributed by atoms with Gasteiger partial charge in [-0.2, -0.15) is 5.10 Å². The molecule has 2 heterocycles. The first-order valence-electron chi connectivity index (χ1n) is 3.63. The lowest BCUT2D eigenvalue weighted by atomic mass is 10.3. The maximum atomic E-state index is 12.7. The van der Waals surface area contributed by atoms with E-state index < -0.39 is 0 Å². The summed E-state index contributed by atoms with van der Waals surface area (Å²) in [5.74, 6) is -0.321. The predicted molar refractivity (Wildman–Crippen MR) is 43.2 cm³/mol. The summed E-state index contributed by atoms with van der Waals surface area (Å²) in [6.07, 6.45) is 1.20. The van der Waals surface area contributed by atoms with Gasteiger partial charge in [-0.3, -0.25) is 4.68 Å². The Kier molecular flexibility index (Phi) is 1.36. The molecule has 2 rings (SSSR count). The van der Waals surface area contributed by atoms with Crippen LogP contribution in [0.4, 0.5) is 4.39 Å². The molecule has 0 spiro atoms. The lowest BCUT2D eigenvalue weighted by Gasteiger charge is -1.91. The first-order valence-corrected chi connectivity index (χ1v) is 3.63. The highest BCUT2D eigenvalue weighted by molar-refractivity contribution is 5.77. The highest BCUT2D eigenvalue weighted by Gasteiger charge is 2.05. The number of pyridine rings is 1. The molecule has 2 aromatic rings. The van der Waals surface area contributed by atoms with Crippen LogP contribution in [0.25, 0.3) is 11.0 Å². The van der Waals surface area contributed by atoms with Crippen LogP contribution in [-0.4, -0.2) is 14.8 Å². The number of hydrogen-bond acceptors (Lipinski definition) is 2. The number of hydrogen-bond donors (Lipinski definition) is 0. The van der Waals surface area contributed by atoms with Crippen molar-refractivity contribution in [3.8, 4) is 0 Å². The molecule has 0 aromatic carbocycles. The molecular weight excluding hydrogens is 157 g/mol. The largest absolute Gasteiger partial charge is 0.250 e. The Morgan fingerprint density at radius 2 is 2.25 bits per heavy atom. The van der Waals surface area contributed by atoms with Crippen molar-refractivity contribution in [1.29, 1.82) is 0 Å². The fourth-order valence-electron chi connectivity index (χ4n) is 1.28. The normalized spacial score (nSPS) is 10.9. The Labute approximate surface area is 68.8 Å². The Bertz CT molecular complexity index is 433. The summed E-state index contributed by atoms with van der Waals surface area (Å²) in [6.45, 7) is 1.84. The van der Waals surface area contributed by atoms with E-state index in [4.69, 9.17) is 0 Å². The second-order valence-corrected chi connectivity index (χ2v) is 2.73. The van der Waals surface area contributed by atoms with Crippen molar-refractivity contribution < 1.29 is 4.39 Å². The Hall–Kier alpha value is -1.45. The maximum absolute atomic E-state index is 12.7. The van der Waals surface area contributed by atoms with Crippen LogP contribution in [0.3, 0.4) is 0 Å². The minimum Gasteiger partial charge on any atom is -0.250 e. The van der Waals surface area contributed by atoms with E-state index in [-0.39, 0.29) is 5.82 Å². The Morgan fingerprint density at radius 1 is 1.50 bits per heavy atom. The van der Waals surface area contributed by atoms with Crippen molar-refractivity contribution in [3.63, 3.8) is 0 Å². The van der Waals surface area contributed by atoms with Gasteiger partial charge in [0.05, 0.1) is 11.9 Å². The molecule has 0 unspecified atom stereocenters. The molecule has 62 valence electrons. The molecule has 3 nitrogen and oxygen atoms in total.